The quantitative estimate of drug-likeness (QED) is 0.170. The Morgan fingerprint density at radius 2 is 1.73 bits per heavy atom. The van der Waals surface area contributed by atoms with E-state index in [1.165, 1.54) is 11.3 Å². The summed E-state index contributed by atoms with van der Waals surface area (Å²) in [6.07, 6.45) is 0.350. The standard InChI is InChI=1S/C24H21N2OS.C11H8N.Ir/c1-14-8-9-17-16-6-5-7-18(22(16)27-23(17)25-14)19-10-11-21-20(26-19)12-15(28-21)13-24(2,3)4;1-2-6-10(7-3-1)11-8-4-5-9-12-11;/h5-6,8-12H,13H2,1-4H3;1-6,8-9H;/q2*-1;/i13D2;;. The number of pyridine rings is 3. The van der Waals surface area contributed by atoms with Crippen molar-refractivity contribution in [2.45, 2.75) is 34.1 Å². The first-order valence-corrected chi connectivity index (χ1v) is 13.9. The molecule has 0 aliphatic carbocycles. The molecule has 0 saturated carbocycles. The Balaban J connectivity index is 0.000000238. The van der Waals surface area contributed by atoms with Gasteiger partial charge in [0.1, 0.15) is 0 Å². The second kappa shape index (κ2) is 12.0. The summed E-state index contributed by atoms with van der Waals surface area (Å²) in [7, 11) is 0. The molecule has 0 spiro atoms. The van der Waals surface area contributed by atoms with E-state index in [1.54, 1.807) is 6.20 Å². The molecule has 5 heterocycles. The molecule has 7 aromatic rings. The second-order valence-electron chi connectivity index (χ2n) is 10.6. The Kier molecular flexibility index (Phi) is 7.70. The second-order valence-corrected chi connectivity index (χ2v) is 11.6. The van der Waals surface area contributed by atoms with Crippen LogP contribution in [0.5, 0.6) is 0 Å². The van der Waals surface area contributed by atoms with Crippen LogP contribution in [0.1, 0.15) is 34.1 Å². The molecule has 0 fully saturated rings. The fraction of sp³-hybridized carbons (Fsp3) is 0.171. The summed E-state index contributed by atoms with van der Waals surface area (Å²) in [4.78, 5) is 14.3. The summed E-state index contributed by atoms with van der Waals surface area (Å²) in [5.41, 5.74) is 6.08. The van der Waals surface area contributed by atoms with Gasteiger partial charge >= 0.3 is 0 Å². The Labute approximate surface area is 260 Å². The van der Waals surface area contributed by atoms with Crippen molar-refractivity contribution in [3.8, 4) is 22.5 Å². The third-order valence-corrected chi connectivity index (χ3v) is 7.22. The van der Waals surface area contributed by atoms with Gasteiger partial charge < -0.3 is 9.40 Å². The van der Waals surface area contributed by atoms with Gasteiger partial charge in [0.25, 0.3) is 0 Å². The maximum absolute atomic E-state index is 8.58. The van der Waals surface area contributed by atoms with E-state index in [2.05, 4.69) is 22.1 Å². The van der Waals surface area contributed by atoms with Crippen LogP contribution in [0, 0.1) is 24.5 Å². The van der Waals surface area contributed by atoms with Crippen molar-refractivity contribution < 1.29 is 27.3 Å². The number of furan rings is 1. The van der Waals surface area contributed by atoms with Crippen LogP contribution in [0.15, 0.2) is 95.5 Å². The van der Waals surface area contributed by atoms with Crippen molar-refractivity contribution in [2.75, 3.05) is 0 Å². The summed E-state index contributed by atoms with van der Waals surface area (Å²) in [5.74, 6) is 0. The Hall–Kier alpha value is -3.70. The van der Waals surface area contributed by atoms with Gasteiger partial charge in [-0.25, -0.2) is 4.98 Å². The first kappa shape index (κ1) is 26.2. The summed E-state index contributed by atoms with van der Waals surface area (Å²) in [5, 5.41) is 1.96. The van der Waals surface area contributed by atoms with Crippen LogP contribution in [0.4, 0.5) is 0 Å². The van der Waals surface area contributed by atoms with Gasteiger partial charge in [-0.1, -0.05) is 49.9 Å². The molecule has 207 valence electrons. The van der Waals surface area contributed by atoms with E-state index in [1.807, 2.05) is 113 Å². The van der Waals surface area contributed by atoms with E-state index >= 15 is 0 Å². The number of thiophene rings is 1. The average molecular weight is 734 g/mol. The number of aryl methyl sites for hydroxylation is 1. The third kappa shape index (κ3) is 6.46. The minimum Gasteiger partial charge on any atom is -0.486 e. The maximum Gasteiger partial charge on any atom is 0.216 e. The molecule has 5 aromatic heterocycles. The minimum absolute atomic E-state index is 0. The largest absolute Gasteiger partial charge is 0.486 e. The van der Waals surface area contributed by atoms with Crippen molar-refractivity contribution in [1.82, 2.24) is 15.0 Å². The van der Waals surface area contributed by atoms with Crippen LogP contribution in [0.2, 0.25) is 0 Å². The summed E-state index contributed by atoms with van der Waals surface area (Å²) in [6, 6.07) is 33.8. The molecule has 0 unspecified atom stereocenters. The number of hydrogen-bond acceptors (Lipinski definition) is 5. The fourth-order valence-electron chi connectivity index (χ4n) is 4.47. The minimum atomic E-state index is -1.44. The molecule has 0 bridgehead atoms. The van der Waals surface area contributed by atoms with Crippen LogP contribution in [-0.4, -0.2) is 15.0 Å². The molecule has 0 aliphatic rings. The number of nitrogens with zero attached hydrogens (tertiary/aromatic N) is 3. The summed E-state index contributed by atoms with van der Waals surface area (Å²) < 4.78 is 24.2. The summed E-state index contributed by atoms with van der Waals surface area (Å²) in [6.45, 7) is 7.70. The monoisotopic (exact) mass is 734 g/mol. The molecule has 7 rings (SSSR count). The molecular formula is C35H29IrN3OS-2. The van der Waals surface area contributed by atoms with Crippen LogP contribution in [-0.2, 0) is 26.5 Å². The van der Waals surface area contributed by atoms with E-state index in [4.69, 9.17) is 12.1 Å². The number of aromatic nitrogens is 3. The van der Waals surface area contributed by atoms with Gasteiger partial charge in [0.2, 0.25) is 5.71 Å². The van der Waals surface area contributed by atoms with E-state index in [-0.39, 0.29) is 20.1 Å². The Bertz CT molecular complexity index is 1980. The normalized spacial score (nSPS) is 12.4. The fourth-order valence-corrected chi connectivity index (χ4v) is 5.58. The number of benzene rings is 2. The smallest absolute Gasteiger partial charge is 0.216 e. The van der Waals surface area contributed by atoms with Crippen LogP contribution < -0.4 is 0 Å². The van der Waals surface area contributed by atoms with E-state index in [0.717, 1.165) is 54.8 Å². The van der Waals surface area contributed by atoms with Gasteiger partial charge in [0.15, 0.2) is 0 Å². The molecule has 0 saturated heterocycles. The average Bonchev–Trinajstić information content (AvgIpc) is 3.59. The summed E-state index contributed by atoms with van der Waals surface area (Å²) >= 11 is 1.46. The van der Waals surface area contributed by atoms with Gasteiger partial charge in [-0.05, 0) is 60.4 Å². The molecule has 1 radical (unpaired) electrons. The molecule has 2 aromatic carbocycles. The van der Waals surface area contributed by atoms with Crippen molar-refractivity contribution in [3.63, 3.8) is 0 Å². The molecular weight excluding hydrogens is 703 g/mol. The molecule has 0 N–H and O–H groups in total. The van der Waals surface area contributed by atoms with Gasteiger partial charge in [-0.15, -0.1) is 65.4 Å². The maximum atomic E-state index is 8.58. The van der Waals surface area contributed by atoms with Crippen LogP contribution >= 0.6 is 11.3 Å². The molecule has 4 nitrogen and oxygen atoms in total. The number of hydrogen-bond donors (Lipinski definition) is 0. The van der Waals surface area contributed by atoms with Crippen molar-refractivity contribution in [1.29, 1.82) is 0 Å². The first-order chi connectivity index (χ1) is 20.1. The van der Waals surface area contributed by atoms with Gasteiger partial charge in [0, 0.05) is 45.0 Å². The molecule has 41 heavy (non-hydrogen) atoms. The van der Waals surface area contributed by atoms with E-state index in [9.17, 15) is 0 Å². The van der Waals surface area contributed by atoms with Gasteiger partial charge in [-0.2, -0.15) is 0 Å². The molecule has 6 heteroatoms. The van der Waals surface area contributed by atoms with Crippen molar-refractivity contribution >= 4 is 43.6 Å². The van der Waals surface area contributed by atoms with Gasteiger partial charge in [-0.3, -0.25) is 4.98 Å². The number of fused-ring (bicyclic) bond motifs is 4. The Morgan fingerprint density at radius 1 is 0.878 bits per heavy atom. The van der Waals surface area contributed by atoms with Crippen molar-refractivity contribution in [3.05, 3.63) is 114 Å². The van der Waals surface area contributed by atoms with Crippen LogP contribution in [0.25, 0.3) is 54.8 Å². The third-order valence-electron chi connectivity index (χ3n) is 6.22. The zero-order chi connectivity index (χ0) is 29.5. The predicted molar refractivity (Wildman–Crippen MR) is 165 cm³/mol. The van der Waals surface area contributed by atoms with E-state index < -0.39 is 11.8 Å². The van der Waals surface area contributed by atoms with E-state index in [0.29, 0.717) is 10.6 Å². The zero-order valence-electron chi connectivity index (χ0n) is 25.2. The molecule has 0 atom stereocenters. The van der Waals surface area contributed by atoms with Gasteiger partial charge in [0.05, 0.1) is 15.8 Å². The SMILES string of the molecule is [2H]C([2H])(c1cc2nc(-c3[c-]ccc4c3oc3nc(C)ccc34)ccc2s1)C(C)(C)C.[Ir].[c-]1ccccc1-c1ccccn1. The topological polar surface area (TPSA) is 51.8 Å². The predicted octanol–water partition coefficient (Wildman–Crippen LogP) is 9.50. The van der Waals surface area contributed by atoms with Crippen molar-refractivity contribution in [2.24, 2.45) is 5.41 Å². The molecule has 0 aliphatic heterocycles. The Morgan fingerprint density at radius 3 is 2.49 bits per heavy atom. The first-order valence-electron chi connectivity index (χ1n) is 14.1. The zero-order valence-corrected chi connectivity index (χ0v) is 26.4. The molecule has 0 amide bonds. The number of rotatable bonds is 3. The van der Waals surface area contributed by atoms with Crippen LogP contribution in [0.3, 0.4) is 0 Å².